The molecule has 19 heavy (non-hydrogen) atoms. The molecular formula is C15H13FN2S. The number of hydrogen-bond acceptors (Lipinski definition) is 3. The van der Waals surface area contributed by atoms with Crippen LogP contribution >= 0.6 is 11.3 Å². The molecule has 0 saturated carbocycles. The largest absolute Gasteiger partial charge is 0.330 e. The molecular weight excluding hydrogens is 259 g/mol. The summed E-state index contributed by atoms with van der Waals surface area (Å²) >= 11 is 1.51. The molecule has 0 aliphatic carbocycles. The van der Waals surface area contributed by atoms with Crippen molar-refractivity contribution in [1.29, 1.82) is 0 Å². The maximum absolute atomic E-state index is 13.2. The molecule has 2 aromatic carbocycles. The van der Waals surface area contributed by atoms with Crippen molar-refractivity contribution in [3.63, 3.8) is 0 Å². The van der Waals surface area contributed by atoms with E-state index in [0.29, 0.717) is 6.54 Å². The third-order valence-electron chi connectivity index (χ3n) is 3.01. The zero-order valence-electron chi connectivity index (χ0n) is 10.3. The fourth-order valence-electron chi connectivity index (χ4n) is 2.12. The number of thiazole rings is 1. The molecule has 2 nitrogen and oxygen atoms in total. The smallest absolute Gasteiger partial charge is 0.124 e. The third-order valence-corrected chi connectivity index (χ3v) is 4.06. The van der Waals surface area contributed by atoms with Gasteiger partial charge in [-0.15, -0.1) is 11.3 Å². The van der Waals surface area contributed by atoms with Crippen LogP contribution in [0.4, 0.5) is 4.39 Å². The number of rotatable bonds is 3. The van der Waals surface area contributed by atoms with Gasteiger partial charge >= 0.3 is 0 Å². The summed E-state index contributed by atoms with van der Waals surface area (Å²) in [5.41, 5.74) is 8.75. The maximum atomic E-state index is 13.2. The first-order chi connectivity index (χ1) is 9.28. The van der Waals surface area contributed by atoms with E-state index in [4.69, 9.17) is 5.73 Å². The van der Waals surface area contributed by atoms with Crippen LogP contribution in [-0.2, 0) is 6.42 Å². The summed E-state index contributed by atoms with van der Waals surface area (Å²) in [5.74, 6) is -0.224. The zero-order chi connectivity index (χ0) is 13.2. The van der Waals surface area contributed by atoms with E-state index in [9.17, 15) is 4.39 Å². The fourth-order valence-corrected chi connectivity index (χ4v) is 3.17. The molecule has 1 heterocycles. The van der Waals surface area contributed by atoms with Crippen LogP contribution in [0.5, 0.6) is 0 Å². The molecule has 3 rings (SSSR count). The number of benzene rings is 2. The van der Waals surface area contributed by atoms with E-state index in [2.05, 4.69) is 11.1 Å². The van der Waals surface area contributed by atoms with Crippen molar-refractivity contribution >= 4 is 21.6 Å². The van der Waals surface area contributed by atoms with Crippen LogP contribution in [0.2, 0.25) is 0 Å². The summed E-state index contributed by atoms with van der Waals surface area (Å²) in [6.45, 7) is 0.608. The highest BCUT2D eigenvalue weighted by Gasteiger charge is 2.10. The highest BCUT2D eigenvalue weighted by Crippen LogP contribution is 2.32. The highest BCUT2D eigenvalue weighted by atomic mass is 32.1. The Hall–Kier alpha value is -1.78. The summed E-state index contributed by atoms with van der Waals surface area (Å²) in [4.78, 5) is 4.58. The first-order valence-corrected chi connectivity index (χ1v) is 6.94. The van der Waals surface area contributed by atoms with Gasteiger partial charge in [-0.05, 0) is 36.7 Å². The van der Waals surface area contributed by atoms with Crippen LogP contribution in [0.3, 0.4) is 0 Å². The minimum absolute atomic E-state index is 0.224. The number of fused-ring (bicyclic) bond motifs is 1. The lowest BCUT2D eigenvalue weighted by atomic mass is 10.1. The average molecular weight is 272 g/mol. The summed E-state index contributed by atoms with van der Waals surface area (Å²) < 4.78 is 14.1. The molecule has 0 fully saturated rings. The molecule has 0 aliphatic heterocycles. The number of nitrogens with two attached hydrogens (primary N) is 1. The Morgan fingerprint density at radius 2 is 2.00 bits per heavy atom. The van der Waals surface area contributed by atoms with Crippen LogP contribution in [0.1, 0.15) is 5.56 Å². The van der Waals surface area contributed by atoms with Gasteiger partial charge in [-0.1, -0.05) is 24.3 Å². The van der Waals surface area contributed by atoms with Crippen molar-refractivity contribution in [2.75, 3.05) is 6.54 Å². The minimum atomic E-state index is -0.224. The maximum Gasteiger partial charge on any atom is 0.124 e. The average Bonchev–Trinajstić information content (AvgIpc) is 2.82. The van der Waals surface area contributed by atoms with Crippen molar-refractivity contribution < 1.29 is 4.39 Å². The molecule has 0 atom stereocenters. The molecule has 96 valence electrons. The van der Waals surface area contributed by atoms with Crippen LogP contribution in [0.15, 0.2) is 42.5 Å². The van der Waals surface area contributed by atoms with E-state index in [-0.39, 0.29) is 5.82 Å². The van der Waals surface area contributed by atoms with Crippen LogP contribution in [-0.4, -0.2) is 11.5 Å². The van der Waals surface area contributed by atoms with Crippen molar-refractivity contribution in [3.8, 4) is 10.6 Å². The number of nitrogens with zero attached hydrogens (tertiary/aromatic N) is 1. The fraction of sp³-hybridized carbons (Fsp3) is 0.133. The number of halogens is 1. The lowest BCUT2D eigenvalue weighted by molar-refractivity contribution is 0.630. The van der Waals surface area contributed by atoms with Gasteiger partial charge in [0.2, 0.25) is 0 Å². The minimum Gasteiger partial charge on any atom is -0.330 e. The first kappa shape index (κ1) is 12.3. The Bertz CT molecular complexity index is 721. The van der Waals surface area contributed by atoms with Crippen molar-refractivity contribution in [1.82, 2.24) is 4.98 Å². The van der Waals surface area contributed by atoms with Crippen molar-refractivity contribution in [2.24, 2.45) is 5.73 Å². The van der Waals surface area contributed by atoms with Crippen LogP contribution in [0.25, 0.3) is 20.8 Å². The summed E-state index contributed by atoms with van der Waals surface area (Å²) in [6, 6.07) is 12.8. The van der Waals surface area contributed by atoms with Crippen molar-refractivity contribution in [2.45, 2.75) is 6.42 Å². The predicted molar refractivity (Wildman–Crippen MR) is 77.8 cm³/mol. The second kappa shape index (κ2) is 5.07. The molecule has 0 amide bonds. The van der Waals surface area contributed by atoms with E-state index < -0.39 is 0 Å². The van der Waals surface area contributed by atoms with E-state index in [1.165, 1.54) is 29.0 Å². The van der Waals surface area contributed by atoms with Gasteiger partial charge in [-0.3, -0.25) is 0 Å². The SMILES string of the molecule is NCCc1ccccc1-c1nc2ccc(F)cc2s1. The van der Waals surface area contributed by atoms with Gasteiger partial charge in [-0.2, -0.15) is 0 Å². The number of hydrogen-bond donors (Lipinski definition) is 1. The van der Waals surface area contributed by atoms with Crippen molar-refractivity contribution in [3.05, 3.63) is 53.8 Å². The Labute approximate surface area is 114 Å². The van der Waals surface area contributed by atoms with Gasteiger partial charge in [0.1, 0.15) is 10.8 Å². The molecule has 0 saturated heterocycles. The lowest BCUT2D eigenvalue weighted by Crippen LogP contribution is -2.03. The molecule has 0 spiro atoms. The second-order valence-corrected chi connectivity index (χ2v) is 5.36. The molecule has 3 aromatic rings. The molecule has 1 aromatic heterocycles. The Morgan fingerprint density at radius 3 is 2.84 bits per heavy atom. The second-order valence-electron chi connectivity index (χ2n) is 4.33. The molecule has 0 unspecified atom stereocenters. The van der Waals surface area contributed by atoms with Crippen LogP contribution < -0.4 is 5.73 Å². The van der Waals surface area contributed by atoms with E-state index in [1.807, 2.05) is 18.2 Å². The topological polar surface area (TPSA) is 38.9 Å². The Kier molecular flexibility index (Phi) is 3.27. The van der Waals surface area contributed by atoms with Gasteiger partial charge < -0.3 is 5.73 Å². The molecule has 4 heteroatoms. The summed E-state index contributed by atoms with van der Waals surface area (Å²) in [6.07, 6.45) is 0.820. The van der Waals surface area contributed by atoms with E-state index in [0.717, 1.165) is 27.2 Å². The lowest BCUT2D eigenvalue weighted by Gasteiger charge is -2.04. The summed E-state index contributed by atoms with van der Waals surface area (Å²) in [7, 11) is 0. The zero-order valence-corrected chi connectivity index (χ0v) is 11.1. The highest BCUT2D eigenvalue weighted by molar-refractivity contribution is 7.21. The van der Waals surface area contributed by atoms with Gasteiger partial charge in [0.15, 0.2) is 0 Å². The van der Waals surface area contributed by atoms with Gasteiger partial charge in [-0.25, -0.2) is 9.37 Å². The molecule has 0 radical (unpaired) electrons. The van der Waals surface area contributed by atoms with E-state index >= 15 is 0 Å². The number of aromatic nitrogens is 1. The third kappa shape index (κ3) is 2.37. The molecule has 2 N–H and O–H groups in total. The van der Waals surface area contributed by atoms with E-state index in [1.54, 1.807) is 6.07 Å². The summed E-state index contributed by atoms with van der Waals surface area (Å²) in [5, 5.41) is 0.921. The quantitative estimate of drug-likeness (QED) is 0.791. The Morgan fingerprint density at radius 1 is 1.16 bits per heavy atom. The molecule has 0 bridgehead atoms. The standard InChI is InChI=1S/C15H13FN2S/c16-11-5-6-13-14(9-11)19-15(18-13)12-4-2-1-3-10(12)7-8-17/h1-6,9H,7-8,17H2. The van der Waals surface area contributed by atoms with Gasteiger partial charge in [0, 0.05) is 5.56 Å². The Balaban J connectivity index is 2.13. The molecule has 0 aliphatic rings. The van der Waals surface area contributed by atoms with Crippen LogP contribution in [0, 0.1) is 5.82 Å². The van der Waals surface area contributed by atoms with Gasteiger partial charge in [0.05, 0.1) is 10.2 Å². The first-order valence-electron chi connectivity index (χ1n) is 6.12. The normalized spacial score (nSPS) is 11.1. The van der Waals surface area contributed by atoms with Gasteiger partial charge in [0.25, 0.3) is 0 Å². The monoisotopic (exact) mass is 272 g/mol. The predicted octanol–water partition coefficient (Wildman–Crippen LogP) is 3.60.